The molecule has 0 amide bonds. The molecule has 0 bridgehead atoms. The summed E-state index contributed by atoms with van der Waals surface area (Å²) < 4.78 is 5.16. The van der Waals surface area contributed by atoms with Crippen LogP contribution in [-0.2, 0) is 9.53 Å². The van der Waals surface area contributed by atoms with E-state index in [4.69, 9.17) is 4.74 Å². The van der Waals surface area contributed by atoms with Gasteiger partial charge < -0.3 is 10.1 Å². The second-order valence-corrected chi connectivity index (χ2v) is 3.84. The van der Waals surface area contributed by atoms with Gasteiger partial charge >= 0.3 is 5.97 Å². The molecule has 1 aromatic carbocycles. The fourth-order valence-corrected chi connectivity index (χ4v) is 1.97. The first-order chi connectivity index (χ1) is 7.25. The average Bonchev–Trinajstić information content (AvgIpc) is 2.67. The largest absolute Gasteiger partial charge is 0.461 e. The van der Waals surface area contributed by atoms with E-state index in [1.54, 1.807) is 0 Å². The molecule has 1 heterocycles. The Kier molecular flexibility index (Phi) is 3.02. The van der Waals surface area contributed by atoms with Gasteiger partial charge in [-0.3, -0.25) is 4.79 Å². The summed E-state index contributed by atoms with van der Waals surface area (Å²) in [7, 11) is 0. The Labute approximate surface area is 89.4 Å². The molecule has 1 aliphatic rings. The third kappa shape index (κ3) is 2.57. The van der Waals surface area contributed by atoms with Crippen molar-refractivity contribution in [1.29, 1.82) is 0 Å². The van der Waals surface area contributed by atoms with Crippen molar-refractivity contribution in [2.45, 2.75) is 25.5 Å². The third-order valence-corrected chi connectivity index (χ3v) is 2.63. The highest BCUT2D eigenvalue weighted by atomic mass is 16.5. The van der Waals surface area contributed by atoms with Crippen LogP contribution in [0.25, 0.3) is 0 Å². The van der Waals surface area contributed by atoms with Gasteiger partial charge in [-0.15, -0.1) is 0 Å². The van der Waals surface area contributed by atoms with Crippen LogP contribution >= 0.6 is 0 Å². The smallest absolute Gasteiger partial charge is 0.302 e. The lowest BCUT2D eigenvalue weighted by Crippen LogP contribution is -2.19. The topological polar surface area (TPSA) is 38.3 Å². The van der Waals surface area contributed by atoms with Gasteiger partial charge in [-0.2, -0.15) is 0 Å². The number of esters is 1. The Hall–Kier alpha value is -1.35. The molecule has 1 unspecified atom stereocenters. The summed E-state index contributed by atoms with van der Waals surface area (Å²) in [5, 5.41) is 3.35. The molecule has 2 rings (SSSR count). The lowest BCUT2D eigenvalue weighted by molar-refractivity contribution is -0.145. The highest BCUT2D eigenvalue weighted by molar-refractivity contribution is 5.66. The second-order valence-electron chi connectivity index (χ2n) is 3.84. The van der Waals surface area contributed by atoms with E-state index in [1.165, 1.54) is 12.5 Å². The molecule has 1 N–H and O–H groups in total. The van der Waals surface area contributed by atoms with Crippen LogP contribution in [0.5, 0.6) is 0 Å². The Morgan fingerprint density at radius 1 is 1.40 bits per heavy atom. The number of carbonyl (C=O) groups is 1. The van der Waals surface area contributed by atoms with Crippen molar-refractivity contribution in [2.24, 2.45) is 0 Å². The number of carbonyl (C=O) groups excluding carboxylic acids is 1. The predicted molar refractivity (Wildman–Crippen MR) is 57.4 cm³/mol. The minimum absolute atomic E-state index is 0.0210. The maximum Gasteiger partial charge on any atom is 0.302 e. The number of ether oxygens (including phenoxy) is 1. The van der Waals surface area contributed by atoms with Crippen molar-refractivity contribution >= 4 is 5.97 Å². The number of hydrogen-bond donors (Lipinski definition) is 1. The van der Waals surface area contributed by atoms with Gasteiger partial charge in [0.2, 0.25) is 0 Å². The SMILES string of the molecule is CC(=O)OC1CN[C@@H](c2ccccc2)C1. The average molecular weight is 205 g/mol. The highest BCUT2D eigenvalue weighted by Gasteiger charge is 2.26. The van der Waals surface area contributed by atoms with Crippen LogP contribution in [0.3, 0.4) is 0 Å². The van der Waals surface area contributed by atoms with E-state index in [0.717, 1.165) is 13.0 Å². The lowest BCUT2D eigenvalue weighted by Gasteiger charge is -2.10. The van der Waals surface area contributed by atoms with Crippen LogP contribution in [0.15, 0.2) is 30.3 Å². The van der Waals surface area contributed by atoms with Gasteiger partial charge in [0, 0.05) is 25.9 Å². The van der Waals surface area contributed by atoms with E-state index in [0.29, 0.717) is 6.04 Å². The molecule has 0 saturated carbocycles. The van der Waals surface area contributed by atoms with Crippen molar-refractivity contribution < 1.29 is 9.53 Å². The summed E-state index contributed by atoms with van der Waals surface area (Å²) in [6, 6.07) is 10.5. The normalized spacial score (nSPS) is 25.1. The fraction of sp³-hybridized carbons (Fsp3) is 0.417. The van der Waals surface area contributed by atoms with Gasteiger partial charge in [0.05, 0.1) is 0 Å². The van der Waals surface area contributed by atoms with Crippen molar-refractivity contribution in [3.05, 3.63) is 35.9 Å². The number of rotatable bonds is 2. The zero-order valence-electron chi connectivity index (χ0n) is 8.77. The van der Waals surface area contributed by atoms with Crippen LogP contribution in [0.1, 0.15) is 24.9 Å². The number of benzene rings is 1. The molecule has 2 atom stereocenters. The molecule has 0 aliphatic carbocycles. The van der Waals surface area contributed by atoms with Crippen molar-refractivity contribution in [2.75, 3.05) is 6.54 Å². The van der Waals surface area contributed by atoms with Crippen LogP contribution in [0.4, 0.5) is 0 Å². The molecule has 80 valence electrons. The predicted octanol–water partition coefficient (Wildman–Crippen LogP) is 1.65. The first-order valence-corrected chi connectivity index (χ1v) is 5.21. The molecule has 3 heteroatoms. The standard InChI is InChI=1S/C12H15NO2/c1-9(14)15-11-7-12(13-8-11)10-5-3-2-4-6-10/h2-6,11-13H,7-8H2,1H3/t11?,12-/m1/s1. The summed E-state index contributed by atoms with van der Waals surface area (Å²) in [4.78, 5) is 10.8. The van der Waals surface area contributed by atoms with Crippen molar-refractivity contribution in [1.82, 2.24) is 5.32 Å². The molecule has 1 aromatic rings. The molecule has 1 fully saturated rings. The van der Waals surface area contributed by atoms with Gasteiger partial charge in [0.15, 0.2) is 0 Å². The monoisotopic (exact) mass is 205 g/mol. The van der Waals surface area contributed by atoms with E-state index < -0.39 is 0 Å². The summed E-state index contributed by atoms with van der Waals surface area (Å²) in [5.41, 5.74) is 1.26. The van der Waals surface area contributed by atoms with E-state index in [1.807, 2.05) is 18.2 Å². The van der Waals surface area contributed by atoms with Gasteiger partial charge in [-0.25, -0.2) is 0 Å². The molecule has 0 spiro atoms. The first-order valence-electron chi connectivity index (χ1n) is 5.21. The quantitative estimate of drug-likeness (QED) is 0.746. The Bertz CT molecular complexity index is 337. The summed E-state index contributed by atoms with van der Waals surface area (Å²) in [6.45, 7) is 2.20. The van der Waals surface area contributed by atoms with Gasteiger partial charge in [-0.05, 0) is 5.56 Å². The number of hydrogen-bond acceptors (Lipinski definition) is 3. The lowest BCUT2D eigenvalue weighted by atomic mass is 10.1. The minimum Gasteiger partial charge on any atom is -0.461 e. The van der Waals surface area contributed by atoms with Crippen LogP contribution in [-0.4, -0.2) is 18.6 Å². The summed E-state index contributed by atoms with van der Waals surface area (Å²) >= 11 is 0. The minimum atomic E-state index is -0.199. The Morgan fingerprint density at radius 3 is 2.80 bits per heavy atom. The molecule has 0 radical (unpaired) electrons. The Morgan fingerprint density at radius 2 is 2.13 bits per heavy atom. The first kappa shape index (κ1) is 10.2. The van der Waals surface area contributed by atoms with E-state index in [-0.39, 0.29) is 12.1 Å². The third-order valence-electron chi connectivity index (χ3n) is 2.63. The van der Waals surface area contributed by atoms with Crippen molar-refractivity contribution in [3.63, 3.8) is 0 Å². The van der Waals surface area contributed by atoms with Gasteiger partial charge in [-0.1, -0.05) is 30.3 Å². The van der Waals surface area contributed by atoms with Gasteiger partial charge in [0.1, 0.15) is 6.10 Å². The van der Waals surface area contributed by atoms with Gasteiger partial charge in [0.25, 0.3) is 0 Å². The molecule has 1 saturated heterocycles. The van der Waals surface area contributed by atoms with Crippen LogP contribution < -0.4 is 5.32 Å². The van der Waals surface area contributed by atoms with E-state index in [9.17, 15) is 4.79 Å². The zero-order valence-corrected chi connectivity index (χ0v) is 8.77. The van der Waals surface area contributed by atoms with E-state index >= 15 is 0 Å². The summed E-state index contributed by atoms with van der Waals surface area (Å²) in [5.74, 6) is -0.199. The second kappa shape index (κ2) is 4.45. The number of nitrogens with one attached hydrogen (secondary N) is 1. The molecule has 0 aromatic heterocycles. The van der Waals surface area contributed by atoms with Crippen LogP contribution in [0, 0.1) is 0 Å². The maximum atomic E-state index is 10.8. The van der Waals surface area contributed by atoms with E-state index in [2.05, 4.69) is 17.4 Å². The highest BCUT2D eigenvalue weighted by Crippen LogP contribution is 2.24. The summed E-state index contributed by atoms with van der Waals surface area (Å²) in [6.07, 6.45) is 0.886. The molecule has 3 nitrogen and oxygen atoms in total. The molecule has 15 heavy (non-hydrogen) atoms. The maximum absolute atomic E-state index is 10.8. The molecule has 1 aliphatic heterocycles. The fourth-order valence-electron chi connectivity index (χ4n) is 1.97. The molecular weight excluding hydrogens is 190 g/mol. The van der Waals surface area contributed by atoms with Crippen LogP contribution in [0.2, 0.25) is 0 Å². The molecular formula is C12H15NO2. The zero-order chi connectivity index (χ0) is 10.7. The van der Waals surface area contributed by atoms with Crippen molar-refractivity contribution in [3.8, 4) is 0 Å². The Balaban J connectivity index is 1.96.